The minimum atomic E-state index is -0.139. The average molecular weight is 346 g/mol. The third kappa shape index (κ3) is 3.76. The Morgan fingerprint density at radius 2 is 1.52 bits per heavy atom. The molecule has 5 heteroatoms. The Labute approximate surface area is 144 Å². The highest BCUT2D eigenvalue weighted by molar-refractivity contribution is 6.31. The molecule has 0 radical (unpaired) electrons. The molecule has 23 heavy (non-hydrogen) atoms. The third-order valence-electron chi connectivity index (χ3n) is 3.37. The second-order valence-corrected chi connectivity index (χ2v) is 5.83. The van der Waals surface area contributed by atoms with Crippen molar-refractivity contribution in [2.24, 2.45) is 0 Å². The number of benzene rings is 2. The molecule has 0 bridgehead atoms. The van der Waals surface area contributed by atoms with Gasteiger partial charge in [-0.3, -0.25) is 4.79 Å². The van der Waals surface area contributed by atoms with Crippen LogP contribution in [-0.4, -0.2) is 5.91 Å². The number of halogens is 2. The van der Waals surface area contributed by atoms with E-state index < -0.39 is 0 Å². The summed E-state index contributed by atoms with van der Waals surface area (Å²) in [6.07, 6.45) is 1.59. The van der Waals surface area contributed by atoms with Crippen LogP contribution >= 0.6 is 23.2 Å². The monoisotopic (exact) mass is 345 g/mol. The third-order valence-corrected chi connectivity index (χ3v) is 3.87. The summed E-state index contributed by atoms with van der Waals surface area (Å²) in [5, 5.41) is 1.20. The van der Waals surface area contributed by atoms with Gasteiger partial charge in [0, 0.05) is 21.3 Å². The van der Waals surface area contributed by atoms with Gasteiger partial charge in [-0.2, -0.15) is 0 Å². The van der Waals surface area contributed by atoms with Crippen molar-refractivity contribution in [2.75, 3.05) is 4.90 Å². The molecule has 3 aromatic rings. The molecule has 0 aliphatic heterocycles. The van der Waals surface area contributed by atoms with E-state index in [2.05, 4.69) is 0 Å². The summed E-state index contributed by atoms with van der Waals surface area (Å²) in [6.45, 7) is 0.329. The van der Waals surface area contributed by atoms with Crippen LogP contribution in [0, 0.1) is 0 Å². The van der Waals surface area contributed by atoms with E-state index in [1.807, 2.05) is 6.07 Å². The molecule has 1 heterocycles. The lowest BCUT2D eigenvalue weighted by Crippen LogP contribution is -2.30. The highest BCUT2D eigenvalue weighted by Crippen LogP contribution is 2.23. The summed E-state index contributed by atoms with van der Waals surface area (Å²) in [5.74, 6) is 0.558. The fraction of sp³-hybridized carbons (Fsp3) is 0.0556. The zero-order valence-corrected chi connectivity index (χ0v) is 13.6. The number of nitrogens with zero attached hydrogens (tertiary/aromatic N) is 1. The highest BCUT2D eigenvalue weighted by atomic mass is 35.5. The van der Waals surface area contributed by atoms with E-state index in [4.69, 9.17) is 27.6 Å². The summed E-state index contributed by atoms with van der Waals surface area (Å²) < 4.78 is 5.37. The molecule has 0 aliphatic rings. The number of amides is 1. The molecular formula is C18H13Cl2NO2. The Bertz CT molecular complexity index is 781. The largest absolute Gasteiger partial charge is 0.467 e. The SMILES string of the molecule is O=C(c1ccc(Cl)cc1)N(Cc1ccco1)c1ccc(Cl)cc1. The number of rotatable bonds is 4. The number of carbonyl (C=O) groups is 1. The van der Waals surface area contributed by atoms with Gasteiger partial charge in [-0.05, 0) is 60.7 Å². The van der Waals surface area contributed by atoms with Gasteiger partial charge in [0.15, 0.2) is 0 Å². The smallest absolute Gasteiger partial charge is 0.258 e. The van der Waals surface area contributed by atoms with E-state index in [1.54, 1.807) is 65.8 Å². The summed E-state index contributed by atoms with van der Waals surface area (Å²) in [6, 6.07) is 17.5. The van der Waals surface area contributed by atoms with Crippen LogP contribution in [0.1, 0.15) is 16.1 Å². The summed E-state index contributed by atoms with van der Waals surface area (Å²) in [7, 11) is 0. The van der Waals surface area contributed by atoms with Crippen LogP contribution in [0.15, 0.2) is 71.3 Å². The minimum absolute atomic E-state index is 0.139. The van der Waals surface area contributed by atoms with Crippen LogP contribution in [0.2, 0.25) is 10.0 Å². The average Bonchev–Trinajstić information content (AvgIpc) is 3.07. The molecule has 0 spiro atoms. The molecule has 0 N–H and O–H groups in total. The molecule has 0 fully saturated rings. The first-order valence-electron chi connectivity index (χ1n) is 6.99. The quantitative estimate of drug-likeness (QED) is 0.631. The van der Waals surface area contributed by atoms with Crippen LogP contribution in [0.3, 0.4) is 0 Å². The fourth-order valence-corrected chi connectivity index (χ4v) is 2.46. The fourth-order valence-electron chi connectivity index (χ4n) is 2.21. The first-order valence-corrected chi connectivity index (χ1v) is 7.74. The lowest BCUT2D eigenvalue weighted by molar-refractivity contribution is 0.0983. The van der Waals surface area contributed by atoms with Gasteiger partial charge in [-0.1, -0.05) is 23.2 Å². The topological polar surface area (TPSA) is 33.5 Å². The Morgan fingerprint density at radius 3 is 2.09 bits per heavy atom. The van der Waals surface area contributed by atoms with Gasteiger partial charge in [0.2, 0.25) is 0 Å². The molecule has 0 unspecified atom stereocenters. The molecule has 0 saturated carbocycles. The number of hydrogen-bond acceptors (Lipinski definition) is 2. The predicted molar refractivity (Wildman–Crippen MR) is 92.1 cm³/mol. The molecule has 0 atom stereocenters. The predicted octanol–water partition coefficient (Wildman–Crippen LogP) is 5.43. The van der Waals surface area contributed by atoms with Gasteiger partial charge < -0.3 is 9.32 Å². The molecule has 0 aliphatic carbocycles. The van der Waals surface area contributed by atoms with Crippen molar-refractivity contribution in [1.29, 1.82) is 0 Å². The van der Waals surface area contributed by atoms with Crippen molar-refractivity contribution in [3.05, 3.63) is 88.3 Å². The molecular weight excluding hydrogens is 333 g/mol. The lowest BCUT2D eigenvalue weighted by atomic mass is 10.1. The Kier molecular flexibility index (Phi) is 4.70. The molecule has 3 nitrogen and oxygen atoms in total. The van der Waals surface area contributed by atoms with Crippen LogP contribution in [-0.2, 0) is 6.54 Å². The van der Waals surface area contributed by atoms with E-state index in [1.165, 1.54) is 0 Å². The minimum Gasteiger partial charge on any atom is -0.467 e. The second kappa shape index (κ2) is 6.90. The van der Waals surface area contributed by atoms with Crippen LogP contribution in [0.5, 0.6) is 0 Å². The normalized spacial score (nSPS) is 10.5. The van der Waals surface area contributed by atoms with Crippen LogP contribution in [0.25, 0.3) is 0 Å². The molecule has 0 saturated heterocycles. The molecule has 2 aromatic carbocycles. The number of carbonyl (C=O) groups excluding carboxylic acids is 1. The standard InChI is InChI=1S/C18H13Cl2NO2/c19-14-5-3-13(4-6-14)18(22)21(12-17-2-1-11-23-17)16-9-7-15(20)8-10-16/h1-11H,12H2. The first kappa shape index (κ1) is 15.7. The van der Waals surface area contributed by atoms with E-state index in [0.717, 1.165) is 5.69 Å². The van der Waals surface area contributed by atoms with E-state index >= 15 is 0 Å². The molecule has 116 valence electrons. The van der Waals surface area contributed by atoms with Gasteiger partial charge in [0.1, 0.15) is 5.76 Å². The van der Waals surface area contributed by atoms with Gasteiger partial charge in [0.05, 0.1) is 12.8 Å². The number of furan rings is 1. The zero-order valence-electron chi connectivity index (χ0n) is 12.1. The Hall–Kier alpha value is -2.23. The van der Waals surface area contributed by atoms with E-state index in [0.29, 0.717) is 27.9 Å². The lowest BCUT2D eigenvalue weighted by Gasteiger charge is -2.22. The van der Waals surface area contributed by atoms with Gasteiger partial charge >= 0.3 is 0 Å². The maximum Gasteiger partial charge on any atom is 0.258 e. The molecule has 3 rings (SSSR count). The zero-order chi connectivity index (χ0) is 16.2. The van der Waals surface area contributed by atoms with Crippen molar-refractivity contribution in [1.82, 2.24) is 0 Å². The molecule has 1 aromatic heterocycles. The Balaban J connectivity index is 1.95. The van der Waals surface area contributed by atoms with Crippen molar-refractivity contribution in [3.63, 3.8) is 0 Å². The van der Waals surface area contributed by atoms with Crippen molar-refractivity contribution >= 4 is 34.8 Å². The maximum absolute atomic E-state index is 12.9. The summed E-state index contributed by atoms with van der Waals surface area (Å²) >= 11 is 11.8. The second-order valence-electron chi connectivity index (χ2n) is 4.95. The number of hydrogen-bond donors (Lipinski definition) is 0. The van der Waals surface area contributed by atoms with Gasteiger partial charge in [0.25, 0.3) is 5.91 Å². The van der Waals surface area contributed by atoms with E-state index in [9.17, 15) is 4.79 Å². The van der Waals surface area contributed by atoms with E-state index in [-0.39, 0.29) is 5.91 Å². The number of anilines is 1. The van der Waals surface area contributed by atoms with Crippen LogP contribution in [0.4, 0.5) is 5.69 Å². The molecule has 1 amide bonds. The van der Waals surface area contributed by atoms with Crippen molar-refractivity contribution in [2.45, 2.75) is 6.54 Å². The van der Waals surface area contributed by atoms with Gasteiger partial charge in [-0.15, -0.1) is 0 Å². The van der Waals surface area contributed by atoms with Crippen molar-refractivity contribution < 1.29 is 9.21 Å². The summed E-state index contributed by atoms with van der Waals surface area (Å²) in [4.78, 5) is 14.5. The Morgan fingerprint density at radius 1 is 0.913 bits per heavy atom. The maximum atomic E-state index is 12.9. The highest BCUT2D eigenvalue weighted by Gasteiger charge is 2.19. The van der Waals surface area contributed by atoms with Gasteiger partial charge in [-0.25, -0.2) is 0 Å². The van der Waals surface area contributed by atoms with Crippen LogP contribution < -0.4 is 4.90 Å². The van der Waals surface area contributed by atoms with Crippen molar-refractivity contribution in [3.8, 4) is 0 Å². The first-order chi connectivity index (χ1) is 11.1. The summed E-state index contributed by atoms with van der Waals surface area (Å²) in [5.41, 5.74) is 1.29.